The fourth-order valence-electron chi connectivity index (χ4n) is 4.35. The molecule has 0 saturated carbocycles. The van der Waals surface area contributed by atoms with Crippen LogP contribution >= 0.6 is 0 Å². The van der Waals surface area contributed by atoms with Crippen molar-refractivity contribution in [3.8, 4) is 5.75 Å². The van der Waals surface area contributed by atoms with Crippen LogP contribution in [0.5, 0.6) is 5.75 Å². The van der Waals surface area contributed by atoms with E-state index in [2.05, 4.69) is 24.5 Å². The molecule has 0 aromatic heterocycles. The molecule has 0 spiro atoms. The highest BCUT2D eigenvalue weighted by atomic mass is 16.5. The minimum atomic E-state index is -0.766. The van der Waals surface area contributed by atoms with E-state index in [1.807, 2.05) is 57.2 Å². The first-order chi connectivity index (χ1) is 18.8. The van der Waals surface area contributed by atoms with Crippen LogP contribution in [0.15, 0.2) is 48.5 Å². The molecule has 0 aliphatic heterocycles. The van der Waals surface area contributed by atoms with Crippen molar-refractivity contribution >= 4 is 23.8 Å². The molecule has 8 nitrogen and oxygen atoms in total. The average molecular weight is 553 g/mol. The highest BCUT2D eigenvalue weighted by Crippen LogP contribution is 2.24. The zero-order valence-electron chi connectivity index (χ0n) is 24.8. The Labute approximate surface area is 238 Å². The van der Waals surface area contributed by atoms with Gasteiger partial charge in [-0.2, -0.15) is 0 Å². The van der Waals surface area contributed by atoms with Crippen LogP contribution in [0, 0.1) is 11.3 Å². The van der Waals surface area contributed by atoms with Crippen LogP contribution in [0.4, 0.5) is 0 Å². The second-order valence-corrected chi connectivity index (χ2v) is 11.8. The Morgan fingerprint density at radius 1 is 0.850 bits per heavy atom. The van der Waals surface area contributed by atoms with Crippen LogP contribution in [0.1, 0.15) is 83.5 Å². The van der Waals surface area contributed by atoms with Gasteiger partial charge in [-0.3, -0.25) is 14.4 Å². The van der Waals surface area contributed by atoms with Gasteiger partial charge in [-0.1, -0.05) is 71.0 Å². The lowest BCUT2D eigenvalue weighted by Crippen LogP contribution is -2.44. The molecule has 2 atom stereocenters. The highest BCUT2D eigenvalue weighted by molar-refractivity contribution is 5.85. The first-order valence-corrected chi connectivity index (χ1v) is 13.8. The number of aryl methyl sites for hydroxylation is 1. The Balaban J connectivity index is 1.96. The number of ether oxygens (including phenoxy) is 2. The summed E-state index contributed by atoms with van der Waals surface area (Å²) < 4.78 is 10.0. The Morgan fingerprint density at radius 2 is 1.45 bits per heavy atom. The van der Waals surface area contributed by atoms with Gasteiger partial charge in [-0.15, -0.1) is 0 Å². The molecule has 0 aliphatic rings. The summed E-state index contributed by atoms with van der Waals surface area (Å²) in [5.74, 6) is -0.260. The number of carbonyl (C=O) groups is 4. The Bertz CT molecular complexity index is 1130. The van der Waals surface area contributed by atoms with Crippen LogP contribution in [0.2, 0.25) is 0 Å². The monoisotopic (exact) mass is 552 g/mol. The van der Waals surface area contributed by atoms with Crippen LogP contribution in [-0.2, 0) is 36.8 Å². The maximum absolute atomic E-state index is 12.8. The maximum Gasteiger partial charge on any atom is 0.328 e. The van der Waals surface area contributed by atoms with Gasteiger partial charge in [0.2, 0.25) is 11.8 Å². The summed E-state index contributed by atoms with van der Waals surface area (Å²) in [7, 11) is 1.31. The minimum Gasteiger partial charge on any atom is -0.467 e. The third kappa shape index (κ3) is 12.0. The second-order valence-electron chi connectivity index (χ2n) is 11.8. The summed E-state index contributed by atoms with van der Waals surface area (Å²) in [6, 6.07) is 14.0. The largest absolute Gasteiger partial charge is 0.467 e. The lowest BCUT2D eigenvalue weighted by atomic mass is 9.91. The van der Waals surface area contributed by atoms with Crippen molar-refractivity contribution in [3.63, 3.8) is 0 Å². The average Bonchev–Trinajstić information content (AvgIpc) is 2.85. The standard InChI is InChI=1S/C32H44N2O6/c1-21(2)18-27(25-13-15-26(16-14-25)40-22(3)35)33-29(36)17-12-23-8-10-24(11-9-23)19-28(31(38)39-7)34-30(37)20-32(4,5)6/h8-11,13-16,21,27-28H,12,17-20H2,1-7H3,(H,33,36)(H,34,37). The molecular formula is C32H44N2O6. The molecule has 2 aromatic rings. The van der Waals surface area contributed by atoms with Gasteiger partial charge in [-0.05, 0) is 53.0 Å². The molecule has 2 aromatic carbocycles. The van der Waals surface area contributed by atoms with E-state index in [9.17, 15) is 19.2 Å². The molecular weight excluding hydrogens is 508 g/mol. The zero-order valence-corrected chi connectivity index (χ0v) is 24.8. The molecule has 0 saturated heterocycles. The predicted octanol–water partition coefficient (Wildman–Crippen LogP) is 5.08. The molecule has 2 rings (SSSR count). The Morgan fingerprint density at radius 3 is 1.98 bits per heavy atom. The normalized spacial score (nSPS) is 12.8. The van der Waals surface area contributed by atoms with Crippen molar-refractivity contribution in [3.05, 3.63) is 65.2 Å². The van der Waals surface area contributed by atoms with E-state index in [0.29, 0.717) is 37.4 Å². The molecule has 218 valence electrons. The molecule has 0 radical (unpaired) electrons. The number of hydrogen-bond acceptors (Lipinski definition) is 6. The molecule has 8 heteroatoms. The van der Waals surface area contributed by atoms with Gasteiger partial charge in [0.15, 0.2) is 0 Å². The van der Waals surface area contributed by atoms with Crippen molar-refractivity contribution in [1.29, 1.82) is 0 Å². The van der Waals surface area contributed by atoms with Gasteiger partial charge in [0.05, 0.1) is 13.2 Å². The summed E-state index contributed by atoms with van der Waals surface area (Å²) in [4.78, 5) is 48.7. The fraction of sp³-hybridized carbons (Fsp3) is 0.500. The topological polar surface area (TPSA) is 111 Å². The van der Waals surface area contributed by atoms with E-state index < -0.39 is 12.0 Å². The van der Waals surface area contributed by atoms with E-state index >= 15 is 0 Å². The summed E-state index contributed by atoms with van der Waals surface area (Å²) in [6.45, 7) is 11.5. The number of benzene rings is 2. The van der Waals surface area contributed by atoms with Crippen LogP contribution < -0.4 is 15.4 Å². The Hall–Kier alpha value is -3.68. The Kier molecular flexibility index (Phi) is 12.4. The molecule has 0 fully saturated rings. The number of carbonyl (C=O) groups excluding carboxylic acids is 4. The third-order valence-corrected chi connectivity index (χ3v) is 6.20. The van der Waals surface area contributed by atoms with Crippen molar-refractivity contribution in [2.75, 3.05) is 7.11 Å². The number of hydrogen-bond donors (Lipinski definition) is 2. The van der Waals surface area contributed by atoms with E-state index in [1.165, 1.54) is 14.0 Å². The number of esters is 2. The van der Waals surface area contributed by atoms with Crippen molar-refractivity contribution in [1.82, 2.24) is 10.6 Å². The zero-order chi connectivity index (χ0) is 29.9. The summed E-state index contributed by atoms with van der Waals surface area (Å²) in [5, 5.41) is 5.94. The quantitative estimate of drug-likeness (QED) is 0.265. The number of amides is 2. The van der Waals surface area contributed by atoms with E-state index in [1.54, 1.807) is 12.1 Å². The van der Waals surface area contributed by atoms with Crippen molar-refractivity contribution < 1.29 is 28.7 Å². The third-order valence-electron chi connectivity index (χ3n) is 6.20. The van der Waals surface area contributed by atoms with Crippen LogP contribution in [0.25, 0.3) is 0 Å². The molecule has 2 N–H and O–H groups in total. The van der Waals surface area contributed by atoms with Gasteiger partial charge >= 0.3 is 11.9 Å². The molecule has 0 heterocycles. The first-order valence-electron chi connectivity index (χ1n) is 13.8. The van der Waals surface area contributed by atoms with Gasteiger partial charge in [0, 0.05) is 26.2 Å². The summed E-state index contributed by atoms with van der Waals surface area (Å²) in [6.07, 6.45) is 2.29. The maximum atomic E-state index is 12.8. The molecule has 40 heavy (non-hydrogen) atoms. The van der Waals surface area contributed by atoms with Gasteiger partial charge in [0.25, 0.3) is 0 Å². The molecule has 2 unspecified atom stereocenters. The van der Waals surface area contributed by atoms with Gasteiger partial charge in [0.1, 0.15) is 11.8 Å². The van der Waals surface area contributed by atoms with Crippen LogP contribution in [0.3, 0.4) is 0 Å². The smallest absolute Gasteiger partial charge is 0.328 e. The fourth-order valence-corrected chi connectivity index (χ4v) is 4.35. The predicted molar refractivity (Wildman–Crippen MR) is 155 cm³/mol. The number of methoxy groups -OCH3 is 1. The summed E-state index contributed by atoms with van der Waals surface area (Å²) >= 11 is 0. The highest BCUT2D eigenvalue weighted by Gasteiger charge is 2.24. The number of nitrogens with one attached hydrogen (secondary N) is 2. The number of rotatable bonds is 13. The van der Waals surface area contributed by atoms with Crippen molar-refractivity contribution in [2.45, 2.75) is 85.7 Å². The second kappa shape index (κ2) is 15.2. The summed E-state index contributed by atoms with van der Waals surface area (Å²) in [5.41, 5.74) is 2.64. The van der Waals surface area contributed by atoms with E-state index in [-0.39, 0.29) is 29.2 Å². The molecule has 0 aliphatic carbocycles. The molecule has 0 bridgehead atoms. The van der Waals surface area contributed by atoms with E-state index in [0.717, 1.165) is 23.1 Å². The minimum absolute atomic E-state index is 0.0499. The van der Waals surface area contributed by atoms with Crippen LogP contribution in [-0.4, -0.2) is 36.9 Å². The van der Waals surface area contributed by atoms with E-state index in [4.69, 9.17) is 9.47 Å². The first kappa shape index (κ1) is 32.5. The molecule has 2 amide bonds. The lowest BCUT2D eigenvalue weighted by molar-refractivity contribution is -0.145. The van der Waals surface area contributed by atoms with Crippen molar-refractivity contribution in [2.24, 2.45) is 11.3 Å². The van der Waals surface area contributed by atoms with Gasteiger partial charge < -0.3 is 20.1 Å². The SMILES string of the molecule is COC(=O)C(Cc1ccc(CCC(=O)NC(CC(C)C)c2ccc(OC(C)=O)cc2)cc1)NC(=O)CC(C)(C)C. The lowest BCUT2D eigenvalue weighted by Gasteiger charge is -2.22. The van der Waals surface area contributed by atoms with Gasteiger partial charge in [-0.25, -0.2) is 4.79 Å².